The minimum absolute atomic E-state index is 0.00900. The molecule has 3 rings (SSSR count). The highest BCUT2D eigenvalue weighted by atomic mass is 16.5. The van der Waals surface area contributed by atoms with Crippen molar-refractivity contribution in [2.24, 2.45) is 10.2 Å². The van der Waals surface area contributed by atoms with Gasteiger partial charge in [-0.3, -0.25) is 9.20 Å². The molecule has 128 valence electrons. The number of ether oxygens (including phenoxy) is 1. The standard InChI is InChI=1S/C18H18N4O3/c1-12(2)25-15-8-4-3-7-13(15)20-21-18-14(11-17(23)24)19-16-9-5-6-10-22(16)18/h3-10,12H,11H2,1-2H3,(H,23,24). The molecule has 0 unspecified atom stereocenters. The molecule has 0 aliphatic rings. The van der Waals surface area contributed by atoms with Crippen molar-refractivity contribution in [3.05, 3.63) is 54.4 Å². The molecule has 0 radical (unpaired) electrons. The molecule has 0 atom stereocenters. The maximum Gasteiger partial charge on any atom is 0.309 e. The van der Waals surface area contributed by atoms with Crippen LogP contribution in [0, 0.1) is 0 Å². The molecule has 0 saturated heterocycles. The minimum atomic E-state index is -0.969. The molecular formula is C18H18N4O3. The monoisotopic (exact) mass is 338 g/mol. The van der Waals surface area contributed by atoms with Gasteiger partial charge >= 0.3 is 5.97 Å². The summed E-state index contributed by atoms with van der Waals surface area (Å²) in [5, 5.41) is 17.6. The van der Waals surface area contributed by atoms with Gasteiger partial charge in [0, 0.05) is 6.20 Å². The van der Waals surface area contributed by atoms with E-state index in [1.165, 1.54) is 0 Å². The van der Waals surface area contributed by atoms with E-state index in [0.717, 1.165) is 0 Å². The largest absolute Gasteiger partial charge is 0.489 e. The molecule has 25 heavy (non-hydrogen) atoms. The Morgan fingerprint density at radius 3 is 2.72 bits per heavy atom. The second-order valence-corrected chi connectivity index (χ2v) is 5.72. The maximum absolute atomic E-state index is 11.1. The summed E-state index contributed by atoms with van der Waals surface area (Å²) >= 11 is 0. The van der Waals surface area contributed by atoms with Gasteiger partial charge < -0.3 is 9.84 Å². The van der Waals surface area contributed by atoms with Crippen LogP contribution >= 0.6 is 0 Å². The van der Waals surface area contributed by atoms with Gasteiger partial charge in [0.05, 0.1) is 18.2 Å². The van der Waals surface area contributed by atoms with Crippen LogP contribution < -0.4 is 4.74 Å². The van der Waals surface area contributed by atoms with Crippen LogP contribution in [0.15, 0.2) is 58.9 Å². The first-order valence-electron chi connectivity index (χ1n) is 7.90. The Labute approximate surface area is 144 Å². The highest BCUT2D eigenvalue weighted by Gasteiger charge is 2.15. The summed E-state index contributed by atoms with van der Waals surface area (Å²) in [5.74, 6) is 0.0515. The second-order valence-electron chi connectivity index (χ2n) is 5.72. The minimum Gasteiger partial charge on any atom is -0.489 e. The number of hydrogen-bond donors (Lipinski definition) is 1. The van der Waals surface area contributed by atoms with Crippen LogP contribution in [0.5, 0.6) is 5.75 Å². The molecule has 0 amide bonds. The third-order valence-corrected chi connectivity index (χ3v) is 3.37. The van der Waals surface area contributed by atoms with E-state index in [-0.39, 0.29) is 12.5 Å². The van der Waals surface area contributed by atoms with Gasteiger partial charge in [-0.1, -0.05) is 18.2 Å². The lowest BCUT2D eigenvalue weighted by Gasteiger charge is -2.10. The molecule has 3 aromatic rings. The molecule has 0 bridgehead atoms. The first kappa shape index (κ1) is 16.6. The third-order valence-electron chi connectivity index (χ3n) is 3.37. The van der Waals surface area contributed by atoms with Crippen molar-refractivity contribution in [3.8, 4) is 5.75 Å². The van der Waals surface area contributed by atoms with Crippen molar-refractivity contribution < 1.29 is 14.6 Å². The number of benzene rings is 1. The zero-order valence-electron chi connectivity index (χ0n) is 14.0. The molecule has 2 aromatic heterocycles. The Kier molecular flexibility index (Phi) is 4.74. The van der Waals surface area contributed by atoms with Crippen molar-refractivity contribution in [1.82, 2.24) is 9.38 Å². The van der Waals surface area contributed by atoms with E-state index in [9.17, 15) is 4.79 Å². The summed E-state index contributed by atoms with van der Waals surface area (Å²) < 4.78 is 7.44. The molecule has 7 heteroatoms. The first-order chi connectivity index (χ1) is 12.0. The van der Waals surface area contributed by atoms with Gasteiger partial charge in [-0.05, 0) is 38.1 Å². The predicted octanol–water partition coefficient (Wildman–Crippen LogP) is 4.16. The number of nitrogens with zero attached hydrogens (tertiary/aromatic N) is 4. The van der Waals surface area contributed by atoms with Crippen LogP contribution in [0.4, 0.5) is 11.5 Å². The molecule has 1 aromatic carbocycles. The fraction of sp³-hybridized carbons (Fsp3) is 0.222. The average Bonchev–Trinajstić information content (AvgIpc) is 2.90. The van der Waals surface area contributed by atoms with Crippen molar-refractivity contribution in [3.63, 3.8) is 0 Å². The van der Waals surface area contributed by atoms with Gasteiger partial charge in [0.15, 0.2) is 5.82 Å². The summed E-state index contributed by atoms with van der Waals surface area (Å²) in [6, 6.07) is 12.8. The molecule has 2 heterocycles. The molecule has 0 saturated carbocycles. The van der Waals surface area contributed by atoms with Gasteiger partial charge in [0.1, 0.15) is 17.1 Å². The third kappa shape index (κ3) is 3.82. The molecule has 1 N–H and O–H groups in total. The highest BCUT2D eigenvalue weighted by Crippen LogP contribution is 2.31. The summed E-state index contributed by atoms with van der Waals surface area (Å²) in [6.45, 7) is 3.87. The lowest BCUT2D eigenvalue weighted by molar-refractivity contribution is -0.136. The Bertz CT molecular complexity index is 931. The van der Waals surface area contributed by atoms with E-state index in [0.29, 0.717) is 28.6 Å². The fourth-order valence-corrected chi connectivity index (χ4v) is 2.39. The van der Waals surface area contributed by atoms with Gasteiger partial charge in [0.25, 0.3) is 0 Å². The van der Waals surface area contributed by atoms with Crippen LogP contribution in [0.25, 0.3) is 5.65 Å². The molecular weight excluding hydrogens is 320 g/mol. The quantitative estimate of drug-likeness (QED) is 0.683. The van der Waals surface area contributed by atoms with Crippen LogP contribution in [0.2, 0.25) is 0 Å². The van der Waals surface area contributed by atoms with E-state index in [1.807, 2.05) is 44.2 Å². The molecule has 0 aliphatic carbocycles. The molecule has 0 spiro atoms. The summed E-state index contributed by atoms with van der Waals surface area (Å²) in [7, 11) is 0. The number of aromatic nitrogens is 2. The highest BCUT2D eigenvalue weighted by molar-refractivity contribution is 5.72. The Balaban J connectivity index is 2.03. The van der Waals surface area contributed by atoms with Crippen molar-refractivity contribution >= 4 is 23.1 Å². The molecule has 7 nitrogen and oxygen atoms in total. The molecule has 0 aliphatic heterocycles. The summed E-state index contributed by atoms with van der Waals surface area (Å²) in [6.07, 6.45) is 1.56. The summed E-state index contributed by atoms with van der Waals surface area (Å²) in [4.78, 5) is 15.4. The van der Waals surface area contributed by atoms with Gasteiger partial charge in [-0.2, -0.15) is 0 Å². The van der Waals surface area contributed by atoms with E-state index < -0.39 is 5.97 Å². The Morgan fingerprint density at radius 2 is 1.96 bits per heavy atom. The number of hydrogen-bond acceptors (Lipinski definition) is 5. The zero-order chi connectivity index (χ0) is 17.8. The zero-order valence-corrected chi connectivity index (χ0v) is 14.0. The average molecular weight is 338 g/mol. The number of fused-ring (bicyclic) bond motifs is 1. The summed E-state index contributed by atoms with van der Waals surface area (Å²) in [5.41, 5.74) is 1.56. The Morgan fingerprint density at radius 1 is 1.20 bits per heavy atom. The number of carboxylic acids is 1. The normalized spacial score (nSPS) is 11.5. The van der Waals surface area contributed by atoms with Crippen molar-refractivity contribution in [2.45, 2.75) is 26.4 Å². The number of aliphatic carboxylic acids is 1. The number of carbonyl (C=O) groups is 1. The van der Waals surface area contributed by atoms with Crippen LogP contribution in [0.3, 0.4) is 0 Å². The topological polar surface area (TPSA) is 88.5 Å². The van der Waals surface area contributed by atoms with E-state index in [1.54, 1.807) is 22.7 Å². The first-order valence-corrected chi connectivity index (χ1v) is 7.90. The number of azo groups is 1. The van der Waals surface area contributed by atoms with Crippen LogP contribution in [0.1, 0.15) is 19.5 Å². The predicted molar refractivity (Wildman–Crippen MR) is 92.9 cm³/mol. The van der Waals surface area contributed by atoms with Crippen LogP contribution in [-0.4, -0.2) is 26.6 Å². The van der Waals surface area contributed by atoms with E-state index in [4.69, 9.17) is 9.84 Å². The Hall–Kier alpha value is -3.22. The number of pyridine rings is 1. The van der Waals surface area contributed by atoms with E-state index >= 15 is 0 Å². The lowest BCUT2D eigenvalue weighted by atomic mass is 10.3. The maximum atomic E-state index is 11.1. The second kappa shape index (κ2) is 7.12. The van der Waals surface area contributed by atoms with Gasteiger partial charge in [0.2, 0.25) is 0 Å². The fourth-order valence-electron chi connectivity index (χ4n) is 2.39. The smallest absolute Gasteiger partial charge is 0.309 e. The number of rotatable bonds is 6. The van der Waals surface area contributed by atoms with Crippen molar-refractivity contribution in [2.75, 3.05) is 0 Å². The van der Waals surface area contributed by atoms with Crippen molar-refractivity contribution in [1.29, 1.82) is 0 Å². The van der Waals surface area contributed by atoms with Gasteiger partial charge in [-0.25, -0.2) is 4.98 Å². The number of para-hydroxylation sites is 1. The number of carboxylic acid groups (broad SMARTS) is 1. The van der Waals surface area contributed by atoms with E-state index in [2.05, 4.69) is 15.2 Å². The SMILES string of the molecule is CC(C)Oc1ccccc1N=Nc1c(CC(=O)O)nc2ccccn12. The van der Waals surface area contributed by atoms with Crippen LogP contribution in [-0.2, 0) is 11.2 Å². The lowest BCUT2D eigenvalue weighted by Crippen LogP contribution is -2.05. The number of imidazole rings is 1. The molecule has 0 fully saturated rings. The van der Waals surface area contributed by atoms with Gasteiger partial charge in [-0.15, -0.1) is 10.2 Å².